The summed E-state index contributed by atoms with van der Waals surface area (Å²) in [7, 11) is 0. The fourth-order valence-corrected chi connectivity index (χ4v) is 4.81. The summed E-state index contributed by atoms with van der Waals surface area (Å²) >= 11 is 0. The SMILES string of the molecule is CCCC(C)c1cc2c(cc1C)Cc1cc(C)c(C(C)CCC)cc1-2. The summed E-state index contributed by atoms with van der Waals surface area (Å²) in [6.07, 6.45) is 6.17. The molecule has 2 aromatic rings. The number of benzene rings is 2. The third kappa shape index (κ3) is 3.41. The number of aryl methyl sites for hydroxylation is 2. The van der Waals surface area contributed by atoms with Crippen molar-refractivity contribution >= 4 is 0 Å². The lowest BCUT2D eigenvalue weighted by atomic mass is 9.87. The molecule has 1 aliphatic rings. The molecule has 134 valence electrons. The van der Waals surface area contributed by atoms with E-state index in [9.17, 15) is 0 Å². The van der Waals surface area contributed by atoms with Gasteiger partial charge in [-0.25, -0.2) is 0 Å². The maximum absolute atomic E-state index is 2.51. The molecule has 0 amide bonds. The van der Waals surface area contributed by atoms with Gasteiger partial charge in [0, 0.05) is 0 Å². The van der Waals surface area contributed by atoms with E-state index in [-0.39, 0.29) is 0 Å². The molecule has 25 heavy (non-hydrogen) atoms. The minimum absolute atomic E-state index is 0.656. The van der Waals surface area contributed by atoms with Gasteiger partial charge in [0.05, 0.1) is 0 Å². The molecule has 0 nitrogen and oxygen atoms in total. The molecule has 0 saturated heterocycles. The number of fused-ring (bicyclic) bond motifs is 3. The van der Waals surface area contributed by atoms with Crippen LogP contribution in [-0.2, 0) is 6.42 Å². The van der Waals surface area contributed by atoms with Crippen molar-refractivity contribution in [1.29, 1.82) is 0 Å². The van der Waals surface area contributed by atoms with Gasteiger partial charge in [-0.15, -0.1) is 0 Å². The van der Waals surface area contributed by atoms with Crippen LogP contribution in [0.5, 0.6) is 0 Å². The standard InChI is InChI=1S/C25H34/c1-7-9-16(3)22-14-24-20(11-18(22)5)13-21-12-19(6)23(15-25(21)24)17(4)10-8-2/h11-12,14-17H,7-10,13H2,1-6H3. The Hall–Kier alpha value is -1.56. The molecule has 2 unspecified atom stereocenters. The summed E-state index contributed by atoms with van der Waals surface area (Å²) < 4.78 is 0. The highest BCUT2D eigenvalue weighted by Gasteiger charge is 2.23. The molecule has 0 spiro atoms. The zero-order valence-corrected chi connectivity index (χ0v) is 17.0. The Kier molecular flexibility index (Phi) is 5.37. The Morgan fingerprint density at radius 1 is 0.720 bits per heavy atom. The van der Waals surface area contributed by atoms with Crippen LogP contribution in [0.15, 0.2) is 24.3 Å². The molecule has 0 aromatic heterocycles. The van der Waals surface area contributed by atoms with Gasteiger partial charge in [0.15, 0.2) is 0 Å². The van der Waals surface area contributed by atoms with Gasteiger partial charge in [-0.05, 0) is 89.5 Å². The van der Waals surface area contributed by atoms with Crippen molar-refractivity contribution in [1.82, 2.24) is 0 Å². The Morgan fingerprint density at radius 2 is 1.12 bits per heavy atom. The number of rotatable bonds is 6. The lowest BCUT2D eigenvalue weighted by molar-refractivity contribution is 0.661. The van der Waals surface area contributed by atoms with Crippen molar-refractivity contribution in [3.05, 3.63) is 57.6 Å². The summed E-state index contributed by atoms with van der Waals surface area (Å²) in [5.41, 5.74) is 12.1. The topological polar surface area (TPSA) is 0 Å². The molecule has 0 fully saturated rings. The fourth-order valence-electron chi connectivity index (χ4n) is 4.81. The molecule has 1 aliphatic carbocycles. The Bertz CT molecular complexity index is 701. The van der Waals surface area contributed by atoms with Gasteiger partial charge in [-0.2, -0.15) is 0 Å². The van der Waals surface area contributed by atoms with Crippen molar-refractivity contribution in [2.45, 2.75) is 85.5 Å². The number of hydrogen-bond acceptors (Lipinski definition) is 0. The molecule has 0 heteroatoms. The van der Waals surface area contributed by atoms with Gasteiger partial charge in [0.25, 0.3) is 0 Å². The van der Waals surface area contributed by atoms with Crippen LogP contribution < -0.4 is 0 Å². The van der Waals surface area contributed by atoms with Crippen LogP contribution in [0.4, 0.5) is 0 Å². The normalized spacial score (nSPS) is 15.0. The zero-order chi connectivity index (χ0) is 18.1. The monoisotopic (exact) mass is 334 g/mol. The van der Waals surface area contributed by atoms with E-state index < -0.39 is 0 Å². The van der Waals surface area contributed by atoms with Crippen molar-refractivity contribution in [3.8, 4) is 11.1 Å². The second kappa shape index (κ2) is 7.36. The molecule has 0 aliphatic heterocycles. The van der Waals surface area contributed by atoms with Gasteiger partial charge in [0.1, 0.15) is 0 Å². The number of hydrogen-bond donors (Lipinski definition) is 0. The Morgan fingerprint density at radius 3 is 1.48 bits per heavy atom. The van der Waals surface area contributed by atoms with E-state index >= 15 is 0 Å². The second-order valence-corrected chi connectivity index (χ2v) is 8.29. The molecular formula is C25H34. The van der Waals surface area contributed by atoms with E-state index in [0.29, 0.717) is 11.8 Å². The lowest BCUT2D eigenvalue weighted by Gasteiger charge is -2.18. The Balaban J connectivity index is 2.07. The molecular weight excluding hydrogens is 300 g/mol. The van der Waals surface area contributed by atoms with E-state index in [0.717, 1.165) is 6.42 Å². The molecule has 3 rings (SSSR count). The average molecular weight is 335 g/mol. The fraction of sp³-hybridized carbons (Fsp3) is 0.520. The third-order valence-electron chi connectivity index (χ3n) is 6.16. The van der Waals surface area contributed by atoms with E-state index in [1.165, 1.54) is 59.1 Å². The van der Waals surface area contributed by atoms with Gasteiger partial charge in [-0.3, -0.25) is 0 Å². The highest BCUT2D eigenvalue weighted by Crippen LogP contribution is 2.42. The highest BCUT2D eigenvalue weighted by atomic mass is 14.3. The van der Waals surface area contributed by atoms with Crippen LogP contribution in [0.25, 0.3) is 11.1 Å². The van der Waals surface area contributed by atoms with E-state index in [1.54, 1.807) is 11.1 Å². The lowest BCUT2D eigenvalue weighted by Crippen LogP contribution is -1.99. The van der Waals surface area contributed by atoms with Crippen LogP contribution in [0.2, 0.25) is 0 Å². The van der Waals surface area contributed by atoms with Crippen molar-refractivity contribution in [2.24, 2.45) is 0 Å². The first-order valence-corrected chi connectivity index (χ1v) is 10.2. The van der Waals surface area contributed by atoms with E-state index in [2.05, 4.69) is 65.8 Å². The van der Waals surface area contributed by atoms with Gasteiger partial charge in [-0.1, -0.05) is 64.8 Å². The van der Waals surface area contributed by atoms with Crippen LogP contribution in [-0.4, -0.2) is 0 Å². The molecule has 0 heterocycles. The molecule has 2 aromatic carbocycles. The zero-order valence-electron chi connectivity index (χ0n) is 17.0. The van der Waals surface area contributed by atoms with Crippen LogP contribution >= 0.6 is 0 Å². The Labute approximate surface area is 154 Å². The van der Waals surface area contributed by atoms with Crippen molar-refractivity contribution < 1.29 is 0 Å². The summed E-state index contributed by atoms with van der Waals surface area (Å²) in [5.74, 6) is 1.31. The van der Waals surface area contributed by atoms with Crippen molar-refractivity contribution in [2.75, 3.05) is 0 Å². The van der Waals surface area contributed by atoms with Crippen LogP contribution in [0.1, 0.15) is 98.6 Å². The van der Waals surface area contributed by atoms with Crippen molar-refractivity contribution in [3.63, 3.8) is 0 Å². The smallest absolute Gasteiger partial charge is 0.00132 e. The highest BCUT2D eigenvalue weighted by molar-refractivity contribution is 5.79. The first kappa shape index (κ1) is 18.2. The van der Waals surface area contributed by atoms with Gasteiger partial charge >= 0.3 is 0 Å². The minimum Gasteiger partial charge on any atom is -0.0654 e. The van der Waals surface area contributed by atoms with E-state index in [1.807, 2.05) is 0 Å². The first-order valence-electron chi connectivity index (χ1n) is 10.2. The molecule has 2 atom stereocenters. The maximum atomic E-state index is 2.51. The van der Waals surface area contributed by atoms with Crippen LogP contribution in [0, 0.1) is 13.8 Å². The van der Waals surface area contributed by atoms with Gasteiger partial charge < -0.3 is 0 Å². The largest absolute Gasteiger partial charge is 0.0654 e. The predicted octanol–water partition coefficient (Wildman–Crippen LogP) is 7.68. The molecule has 0 N–H and O–H groups in total. The molecule has 0 radical (unpaired) electrons. The predicted molar refractivity (Wildman–Crippen MR) is 111 cm³/mol. The van der Waals surface area contributed by atoms with Gasteiger partial charge in [0.2, 0.25) is 0 Å². The summed E-state index contributed by atoms with van der Waals surface area (Å²) in [6, 6.07) is 9.95. The summed E-state index contributed by atoms with van der Waals surface area (Å²) in [6.45, 7) is 13.9. The summed E-state index contributed by atoms with van der Waals surface area (Å²) in [5, 5.41) is 0. The second-order valence-electron chi connectivity index (χ2n) is 8.29. The molecule has 0 saturated carbocycles. The maximum Gasteiger partial charge on any atom is -0.00132 e. The van der Waals surface area contributed by atoms with Crippen LogP contribution in [0.3, 0.4) is 0 Å². The molecule has 0 bridgehead atoms. The third-order valence-corrected chi connectivity index (χ3v) is 6.16. The minimum atomic E-state index is 0.656. The average Bonchev–Trinajstić information content (AvgIpc) is 2.89. The quantitative estimate of drug-likeness (QED) is 0.433. The van der Waals surface area contributed by atoms with E-state index in [4.69, 9.17) is 0 Å². The summed E-state index contributed by atoms with van der Waals surface area (Å²) in [4.78, 5) is 0. The first-order chi connectivity index (χ1) is 12.0.